The Hall–Kier alpha value is -3.73. The number of aldehydes is 1. The van der Waals surface area contributed by atoms with Crippen molar-refractivity contribution in [3.63, 3.8) is 0 Å². The monoisotopic (exact) mass is 392 g/mol. The van der Waals surface area contributed by atoms with Crippen LogP contribution in [0.25, 0.3) is 22.0 Å². The van der Waals surface area contributed by atoms with Gasteiger partial charge in [0, 0.05) is 35.8 Å². The summed E-state index contributed by atoms with van der Waals surface area (Å²) in [6.45, 7) is 1.81. The minimum atomic E-state index is -0.0560. The Morgan fingerprint density at radius 3 is 2.93 bits per heavy atom. The van der Waals surface area contributed by atoms with Crippen LogP contribution >= 0.6 is 0 Å². The zero-order valence-electron chi connectivity index (χ0n) is 16.7. The Bertz CT molecular complexity index is 1220. The minimum absolute atomic E-state index is 0.0560. The van der Waals surface area contributed by atoms with E-state index in [0.717, 1.165) is 47.7 Å². The second-order valence-corrected chi connectivity index (χ2v) is 7.38. The molecule has 4 heteroatoms. The van der Waals surface area contributed by atoms with Gasteiger partial charge in [-0.05, 0) is 54.4 Å². The lowest BCUT2D eigenvalue weighted by molar-refractivity contribution is 0.102. The highest BCUT2D eigenvalue weighted by molar-refractivity contribution is 6.07. The van der Waals surface area contributed by atoms with Crippen molar-refractivity contribution in [3.8, 4) is 23.6 Å². The third-order valence-electron chi connectivity index (χ3n) is 5.43. The quantitative estimate of drug-likeness (QED) is 0.381. The number of terminal acetylenes is 1. The van der Waals surface area contributed by atoms with Crippen molar-refractivity contribution in [1.82, 2.24) is 9.88 Å². The van der Waals surface area contributed by atoms with Crippen molar-refractivity contribution < 1.29 is 9.59 Å². The number of hydrogen-bond acceptors (Lipinski definition) is 4. The Morgan fingerprint density at radius 2 is 2.13 bits per heavy atom. The Labute approximate surface area is 176 Å². The van der Waals surface area contributed by atoms with Crippen LogP contribution < -0.4 is 0 Å². The fourth-order valence-corrected chi connectivity index (χ4v) is 3.72. The van der Waals surface area contributed by atoms with Gasteiger partial charge in [0.05, 0.1) is 0 Å². The van der Waals surface area contributed by atoms with Crippen LogP contribution in [0.2, 0.25) is 0 Å². The van der Waals surface area contributed by atoms with E-state index in [1.165, 1.54) is 0 Å². The maximum absolute atomic E-state index is 13.0. The maximum Gasteiger partial charge on any atom is 0.207 e. The molecular weight excluding hydrogens is 372 g/mol. The van der Waals surface area contributed by atoms with Crippen molar-refractivity contribution in [1.29, 1.82) is 0 Å². The second-order valence-electron chi connectivity index (χ2n) is 7.38. The van der Waals surface area contributed by atoms with E-state index in [-0.39, 0.29) is 5.78 Å². The molecule has 1 aliphatic heterocycles. The maximum atomic E-state index is 13.0. The van der Waals surface area contributed by atoms with Crippen LogP contribution in [0.15, 0.2) is 48.0 Å². The number of aromatic nitrogens is 1. The first-order valence-electron chi connectivity index (χ1n) is 9.82. The lowest BCUT2D eigenvalue weighted by atomic mass is 9.97. The topological polar surface area (TPSA) is 50.3 Å². The number of carbonyl (C=O) groups is 2. The van der Waals surface area contributed by atoms with Gasteiger partial charge in [-0.15, -0.1) is 6.42 Å². The third kappa shape index (κ3) is 3.74. The van der Waals surface area contributed by atoms with Gasteiger partial charge in [-0.3, -0.25) is 9.59 Å². The van der Waals surface area contributed by atoms with Gasteiger partial charge in [-0.2, -0.15) is 0 Å². The molecule has 146 valence electrons. The molecule has 3 aromatic rings. The molecule has 0 radical (unpaired) electrons. The molecule has 1 aliphatic rings. The lowest BCUT2D eigenvalue weighted by Gasteiger charge is -2.12. The van der Waals surface area contributed by atoms with E-state index in [1.54, 1.807) is 12.1 Å². The fourth-order valence-electron chi connectivity index (χ4n) is 3.72. The van der Waals surface area contributed by atoms with Gasteiger partial charge in [0.15, 0.2) is 6.29 Å². The fraction of sp³-hybridized carbons (Fsp3) is 0.192. The van der Waals surface area contributed by atoms with Gasteiger partial charge in [0.2, 0.25) is 5.78 Å². The first-order chi connectivity index (χ1) is 14.6. The van der Waals surface area contributed by atoms with Gasteiger partial charge in [0.1, 0.15) is 11.4 Å². The highest BCUT2D eigenvalue weighted by atomic mass is 16.1. The molecule has 0 fully saturated rings. The predicted octanol–water partition coefficient (Wildman–Crippen LogP) is 4.13. The van der Waals surface area contributed by atoms with E-state index in [4.69, 9.17) is 6.42 Å². The highest BCUT2D eigenvalue weighted by Crippen LogP contribution is 2.26. The zero-order valence-corrected chi connectivity index (χ0v) is 16.7. The summed E-state index contributed by atoms with van der Waals surface area (Å²) < 4.78 is 0. The number of hydrogen-bond donors (Lipinski definition) is 0. The normalized spacial score (nSPS) is 14.3. The van der Waals surface area contributed by atoms with E-state index in [9.17, 15) is 9.59 Å². The molecule has 0 unspecified atom stereocenters. The van der Waals surface area contributed by atoms with Gasteiger partial charge >= 0.3 is 0 Å². The van der Waals surface area contributed by atoms with E-state index >= 15 is 0 Å². The second kappa shape index (κ2) is 8.33. The number of nitrogens with zero attached hydrogens (tertiary/aromatic N) is 2. The van der Waals surface area contributed by atoms with E-state index < -0.39 is 0 Å². The first-order valence-corrected chi connectivity index (χ1v) is 9.82. The van der Waals surface area contributed by atoms with Gasteiger partial charge in [0.25, 0.3) is 0 Å². The molecule has 0 amide bonds. The van der Waals surface area contributed by atoms with Gasteiger partial charge in [-0.25, -0.2) is 4.98 Å². The SMILES string of the molecule is C#Cc1ccc2cc(-c3c#ccc(C(=O)C4=CCCN(C)CC4)n3)ccc2c1C=O. The number of ketones is 1. The van der Waals surface area contributed by atoms with E-state index in [2.05, 4.69) is 35.0 Å². The van der Waals surface area contributed by atoms with Crippen molar-refractivity contribution in [2.45, 2.75) is 12.8 Å². The summed E-state index contributed by atoms with van der Waals surface area (Å²) in [6, 6.07) is 16.8. The molecule has 1 aromatic heterocycles. The lowest BCUT2D eigenvalue weighted by Crippen LogP contribution is -2.19. The third-order valence-corrected chi connectivity index (χ3v) is 5.43. The van der Waals surface area contributed by atoms with Gasteiger partial charge in [-0.1, -0.05) is 36.3 Å². The van der Waals surface area contributed by atoms with E-state index in [0.29, 0.717) is 28.9 Å². The van der Waals surface area contributed by atoms with Crippen LogP contribution in [-0.4, -0.2) is 42.1 Å². The molecule has 4 nitrogen and oxygen atoms in total. The summed E-state index contributed by atoms with van der Waals surface area (Å²) >= 11 is 0. The zero-order chi connectivity index (χ0) is 21.1. The molecule has 0 aliphatic carbocycles. The molecular formula is C26H20N2O2. The van der Waals surface area contributed by atoms with Crippen LogP contribution in [0.5, 0.6) is 0 Å². The summed E-state index contributed by atoms with van der Waals surface area (Å²) in [6.07, 6.45) is 9.87. The Morgan fingerprint density at radius 1 is 1.27 bits per heavy atom. The molecule has 2 aromatic carbocycles. The molecule has 2 heterocycles. The minimum Gasteiger partial charge on any atom is -0.306 e. The molecule has 0 spiro atoms. The Balaban J connectivity index is 1.69. The van der Waals surface area contributed by atoms with Crippen LogP contribution in [0.1, 0.15) is 39.3 Å². The molecule has 4 rings (SSSR count). The summed E-state index contributed by atoms with van der Waals surface area (Å²) in [5.74, 6) is 2.49. The molecule has 30 heavy (non-hydrogen) atoms. The summed E-state index contributed by atoms with van der Waals surface area (Å²) in [4.78, 5) is 31.2. The van der Waals surface area contributed by atoms with Gasteiger partial charge < -0.3 is 4.90 Å². The smallest absolute Gasteiger partial charge is 0.207 e. The standard InChI is InChI=1S/C26H20N2O2/c1-3-18-9-10-20-16-21(11-12-22(20)23(18)17-29)24-7-4-8-25(27-24)26(30)19-6-5-14-28(2)15-13-19/h1,6,8-12,16-17H,5,13-15H2,2H3. The summed E-state index contributed by atoms with van der Waals surface area (Å²) in [7, 11) is 2.06. The summed E-state index contributed by atoms with van der Waals surface area (Å²) in [5, 5.41) is 1.66. The van der Waals surface area contributed by atoms with Crippen LogP contribution in [0.3, 0.4) is 0 Å². The molecule has 0 saturated carbocycles. The first kappa shape index (κ1) is 19.6. The average molecular weight is 392 g/mol. The van der Waals surface area contributed by atoms with Crippen molar-refractivity contribution in [3.05, 3.63) is 77.0 Å². The van der Waals surface area contributed by atoms with Crippen LogP contribution in [-0.2, 0) is 0 Å². The van der Waals surface area contributed by atoms with Crippen LogP contribution in [0, 0.1) is 24.5 Å². The average Bonchev–Trinajstić information content (AvgIpc) is 3.01. The van der Waals surface area contributed by atoms with Crippen LogP contribution in [0.4, 0.5) is 0 Å². The number of benzene rings is 2. The number of carbonyl (C=O) groups excluding carboxylic acids is 2. The number of Topliss-reactive ketones (excluding diaryl/α,β-unsaturated/α-hetero) is 1. The number of rotatable bonds is 4. The van der Waals surface area contributed by atoms with Crippen molar-refractivity contribution in [2.24, 2.45) is 0 Å². The molecule has 0 bridgehead atoms. The Kier molecular flexibility index (Phi) is 5.44. The number of fused-ring (bicyclic) bond motifs is 1. The molecule has 0 N–H and O–H groups in total. The largest absolute Gasteiger partial charge is 0.306 e. The van der Waals surface area contributed by atoms with Crippen molar-refractivity contribution in [2.75, 3.05) is 20.1 Å². The molecule has 0 saturated heterocycles. The molecule has 0 atom stereocenters. The predicted molar refractivity (Wildman–Crippen MR) is 117 cm³/mol. The summed E-state index contributed by atoms with van der Waals surface area (Å²) in [5.41, 5.74) is 3.58. The van der Waals surface area contributed by atoms with Crippen molar-refractivity contribution >= 4 is 22.8 Å². The highest BCUT2D eigenvalue weighted by Gasteiger charge is 2.17. The van der Waals surface area contributed by atoms with E-state index in [1.807, 2.05) is 30.3 Å².